The van der Waals surface area contributed by atoms with Crippen molar-refractivity contribution in [3.63, 3.8) is 0 Å². The van der Waals surface area contributed by atoms with Crippen molar-refractivity contribution in [3.05, 3.63) is 101 Å². The molecule has 3 aromatic rings. The number of nitriles is 1. The summed E-state index contributed by atoms with van der Waals surface area (Å²) in [6.07, 6.45) is 5.85. The van der Waals surface area contributed by atoms with E-state index < -0.39 is 17.7 Å². The minimum atomic E-state index is -1.01. The van der Waals surface area contributed by atoms with Gasteiger partial charge in [0.15, 0.2) is 0 Å². The van der Waals surface area contributed by atoms with Gasteiger partial charge in [-0.15, -0.1) is 0 Å². The summed E-state index contributed by atoms with van der Waals surface area (Å²) in [7, 11) is 0. The average Bonchev–Trinajstić information content (AvgIpc) is 3.34. The highest BCUT2D eigenvalue weighted by molar-refractivity contribution is 5.94. The number of halogens is 1. The van der Waals surface area contributed by atoms with Gasteiger partial charge in [0.05, 0.1) is 17.7 Å². The lowest BCUT2D eigenvalue weighted by Crippen LogP contribution is -2.51. The monoisotopic (exact) mass is 608 g/mol. The van der Waals surface area contributed by atoms with Crippen LogP contribution in [-0.4, -0.2) is 46.4 Å². The van der Waals surface area contributed by atoms with E-state index in [0.717, 1.165) is 62.5 Å². The molecule has 0 heterocycles. The number of alkyl halides is 1. The third-order valence-electron chi connectivity index (χ3n) is 11.3. The minimum Gasteiger partial charge on any atom is -0.508 e. The number of carbonyl (C=O) groups is 1. The van der Waals surface area contributed by atoms with Crippen LogP contribution >= 0.6 is 0 Å². The van der Waals surface area contributed by atoms with E-state index in [1.807, 2.05) is 35.2 Å². The molecule has 45 heavy (non-hydrogen) atoms. The zero-order chi connectivity index (χ0) is 31.6. The standard InChI is InChI=1S/C39H45FN2O3/c1-39-24-34(40)37-32-17-16-31(43)23-30(32)22-29(36(37)33(39)18-19-35(39)44)11-5-6-20-42(21-7-10-26-8-3-2-4-9-26)38(45)28-14-12-27(25-41)13-15-28/h2-4,8-9,12-17,23,29,33-37,43-44H,5-7,10-11,18-22,24H2,1H3/t29-,33?,34+,35+,36?,37?,39+/m1/s1. The summed E-state index contributed by atoms with van der Waals surface area (Å²) in [4.78, 5) is 15.6. The van der Waals surface area contributed by atoms with Gasteiger partial charge in [0, 0.05) is 24.6 Å². The van der Waals surface area contributed by atoms with Crippen LogP contribution in [0.25, 0.3) is 0 Å². The number of hydrogen-bond acceptors (Lipinski definition) is 4. The summed E-state index contributed by atoms with van der Waals surface area (Å²) in [5.74, 6) is 0.719. The van der Waals surface area contributed by atoms with Crippen molar-refractivity contribution in [1.29, 1.82) is 5.26 Å². The summed E-state index contributed by atoms with van der Waals surface area (Å²) in [5, 5.41) is 30.4. The molecular formula is C39H45FN2O3. The van der Waals surface area contributed by atoms with Crippen LogP contribution in [0.4, 0.5) is 4.39 Å². The van der Waals surface area contributed by atoms with Crippen molar-refractivity contribution in [2.75, 3.05) is 13.1 Å². The van der Waals surface area contributed by atoms with Crippen molar-refractivity contribution >= 4 is 5.91 Å². The largest absolute Gasteiger partial charge is 0.508 e. The Morgan fingerprint density at radius 3 is 2.53 bits per heavy atom. The van der Waals surface area contributed by atoms with E-state index in [2.05, 4.69) is 25.1 Å². The molecule has 236 valence electrons. The first kappa shape index (κ1) is 31.3. The number of unbranched alkanes of at least 4 members (excludes halogenated alkanes) is 1. The van der Waals surface area contributed by atoms with Crippen molar-refractivity contribution in [3.8, 4) is 11.8 Å². The van der Waals surface area contributed by atoms with Crippen LogP contribution in [-0.2, 0) is 12.8 Å². The Morgan fingerprint density at radius 2 is 1.78 bits per heavy atom. The number of carbonyl (C=O) groups excluding carboxylic acids is 1. The zero-order valence-corrected chi connectivity index (χ0v) is 26.2. The lowest BCUT2D eigenvalue weighted by molar-refractivity contribution is -0.0722. The number of aromatic hydroxyl groups is 1. The van der Waals surface area contributed by atoms with E-state index in [1.165, 1.54) is 5.56 Å². The third kappa shape index (κ3) is 6.38. The van der Waals surface area contributed by atoms with Gasteiger partial charge in [-0.1, -0.05) is 49.7 Å². The minimum absolute atomic E-state index is 0.0158. The van der Waals surface area contributed by atoms with Crippen LogP contribution in [0.2, 0.25) is 0 Å². The van der Waals surface area contributed by atoms with Crippen LogP contribution < -0.4 is 0 Å². The Kier molecular flexibility index (Phi) is 9.28. The molecule has 0 spiro atoms. The molecule has 0 radical (unpaired) electrons. The van der Waals surface area contributed by atoms with E-state index >= 15 is 4.39 Å². The van der Waals surface area contributed by atoms with Crippen LogP contribution in [0.15, 0.2) is 72.8 Å². The lowest BCUT2D eigenvalue weighted by atomic mass is 9.51. The number of phenols is 1. The first-order valence-corrected chi connectivity index (χ1v) is 16.8. The van der Waals surface area contributed by atoms with Crippen molar-refractivity contribution in [1.82, 2.24) is 4.90 Å². The fourth-order valence-electron chi connectivity index (χ4n) is 9.05. The number of fused-ring (bicyclic) bond motifs is 5. The van der Waals surface area contributed by atoms with Gasteiger partial charge in [0.25, 0.3) is 5.91 Å². The molecule has 7 atom stereocenters. The molecule has 3 aliphatic rings. The van der Waals surface area contributed by atoms with Gasteiger partial charge in [0.2, 0.25) is 0 Å². The van der Waals surface area contributed by atoms with E-state index in [9.17, 15) is 20.3 Å². The number of benzene rings is 3. The number of phenolic OH excluding ortho intramolecular Hbond substituents is 1. The van der Waals surface area contributed by atoms with Crippen molar-refractivity contribution < 1.29 is 19.4 Å². The van der Waals surface area contributed by atoms with Crippen LogP contribution in [0.3, 0.4) is 0 Å². The molecule has 6 rings (SSSR count). The Morgan fingerprint density at radius 1 is 1.02 bits per heavy atom. The maximum absolute atomic E-state index is 16.1. The third-order valence-corrected chi connectivity index (χ3v) is 11.3. The van der Waals surface area contributed by atoms with E-state index in [1.54, 1.807) is 30.3 Å². The predicted molar refractivity (Wildman–Crippen MR) is 174 cm³/mol. The molecule has 3 aliphatic carbocycles. The first-order chi connectivity index (χ1) is 21.8. The summed E-state index contributed by atoms with van der Waals surface area (Å²) in [5.41, 5.74) is 4.09. The molecule has 2 fully saturated rings. The smallest absolute Gasteiger partial charge is 0.253 e. The maximum Gasteiger partial charge on any atom is 0.253 e. The Labute approximate surface area is 266 Å². The molecule has 3 unspecified atom stereocenters. The van der Waals surface area contributed by atoms with Crippen LogP contribution in [0, 0.1) is 34.5 Å². The van der Waals surface area contributed by atoms with Crippen molar-refractivity contribution in [2.45, 2.75) is 82.9 Å². The second-order valence-corrected chi connectivity index (χ2v) is 13.9. The maximum atomic E-state index is 16.1. The molecule has 0 saturated heterocycles. The molecule has 6 heteroatoms. The molecular weight excluding hydrogens is 563 g/mol. The zero-order valence-electron chi connectivity index (χ0n) is 26.2. The summed E-state index contributed by atoms with van der Waals surface area (Å²) in [6.45, 7) is 3.39. The normalized spacial score (nSPS) is 28.4. The summed E-state index contributed by atoms with van der Waals surface area (Å²) >= 11 is 0. The van der Waals surface area contributed by atoms with Gasteiger partial charge >= 0.3 is 0 Å². The number of aryl methyl sites for hydroxylation is 1. The molecule has 5 nitrogen and oxygen atoms in total. The van der Waals surface area contributed by atoms with Gasteiger partial charge in [-0.25, -0.2) is 4.39 Å². The fourth-order valence-corrected chi connectivity index (χ4v) is 9.05. The van der Waals surface area contributed by atoms with E-state index in [4.69, 9.17) is 0 Å². The highest BCUT2D eigenvalue weighted by Crippen LogP contribution is 2.63. The van der Waals surface area contributed by atoms with Gasteiger partial charge in [-0.05, 0) is 128 Å². The molecule has 3 aromatic carbocycles. The van der Waals surface area contributed by atoms with Crippen LogP contribution in [0.1, 0.15) is 90.4 Å². The number of nitrogens with zero attached hydrogens (tertiary/aromatic N) is 2. The number of aliphatic hydroxyl groups excluding tert-OH is 1. The molecule has 1 amide bonds. The molecule has 0 aromatic heterocycles. The Bertz CT molecular complexity index is 1520. The molecule has 2 saturated carbocycles. The number of amides is 1. The Balaban J connectivity index is 1.16. The van der Waals surface area contributed by atoms with Gasteiger partial charge in [-0.3, -0.25) is 4.79 Å². The number of hydrogen-bond donors (Lipinski definition) is 2. The van der Waals surface area contributed by atoms with E-state index in [-0.39, 0.29) is 35.3 Å². The van der Waals surface area contributed by atoms with Crippen molar-refractivity contribution in [2.24, 2.45) is 23.2 Å². The lowest BCUT2D eigenvalue weighted by Gasteiger charge is -2.54. The topological polar surface area (TPSA) is 84.6 Å². The second-order valence-electron chi connectivity index (χ2n) is 13.9. The SMILES string of the molecule is C[C@]12C[C@H](F)C3c4ccc(O)cc4C[C@@H](CCCCN(CCCc4ccccc4)C(=O)c4ccc(C#N)cc4)C3C1CC[C@@H]2O. The summed E-state index contributed by atoms with van der Waals surface area (Å²) < 4.78 is 16.1. The average molecular weight is 609 g/mol. The second kappa shape index (κ2) is 13.3. The number of rotatable bonds is 10. The molecule has 2 N–H and O–H groups in total. The van der Waals surface area contributed by atoms with Crippen LogP contribution in [0.5, 0.6) is 5.75 Å². The molecule has 0 aliphatic heterocycles. The Hall–Kier alpha value is -3.69. The predicted octanol–water partition coefficient (Wildman–Crippen LogP) is 7.60. The fraction of sp³-hybridized carbons (Fsp3) is 0.487. The van der Waals surface area contributed by atoms with Gasteiger partial charge < -0.3 is 15.1 Å². The van der Waals surface area contributed by atoms with E-state index in [0.29, 0.717) is 30.6 Å². The first-order valence-electron chi connectivity index (χ1n) is 16.8. The number of aliphatic hydroxyl groups is 1. The molecule has 0 bridgehead atoms. The highest BCUT2D eigenvalue weighted by atomic mass is 19.1. The van der Waals surface area contributed by atoms with Gasteiger partial charge in [-0.2, -0.15) is 5.26 Å². The quantitative estimate of drug-likeness (QED) is 0.232. The summed E-state index contributed by atoms with van der Waals surface area (Å²) in [6, 6.07) is 24.8. The van der Waals surface area contributed by atoms with Gasteiger partial charge in [0.1, 0.15) is 11.9 Å². The highest BCUT2D eigenvalue weighted by Gasteiger charge is 2.59.